The van der Waals surface area contributed by atoms with Gasteiger partial charge >= 0.3 is 0 Å². The normalized spacial score (nSPS) is 14.8. The number of ether oxygens (including phenoxy) is 1. The van der Waals surface area contributed by atoms with Gasteiger partial charge in [-0.25, -0.2) is 9.37 Å². The topological polar surface area (TPSA) is 84.6 Å². The summed E-state index contributed by atoms with van der Waals surface area (Å²) in [6.07, 6.45) is 2.82. The highest BCUT2D eigenvalue weighted by molar-refractivity contribution is 6.30. The molecule has 170 valence electrons. The summed E-state index contributed by atoms with van der Waals surface area (Å²) in [7, 11) is 0. The zero-order valence-corrected chi connectivity index (χ0v) is 18.6. The number of aromatic nitrogens is 2. The minimum Gasteiger partial charge on any atom is -0.394 e. The van der Waals surface area contributed by atoms with Crippen molar-refractivity contribution in [1.29, 1.82) is 0 Å². The number of aliphatic hydroxyl groups is 2. The summed E-state index contributed by atoms with van der Waals surface area (Å²) in [4.78, 5) is 17.2. The van der Waals surface area contributed by atoms with Crippen molar-refractivity contribution in [2.75, 3.05) is 19.8 Å². The van der Waals surface area contributed by atoms with E-state index in [1.165, 1.54) is 6.33 Å². The highest BCUT2D eigenvalue weighted by Crippen LogP contribution is 2.30. The number of imidazole rings is 1. The van der Waals surface area contributed by atoms with Crippen molar-refractivity contribution in [3.8, 4) is 0 Å². The number of carbonyl (C=O) groups excluding carboxylic acids is 1. The number of aliphatic hydroxyl groups excluding tert-OH is 2. The van der Waals surface area contributed by atoms with Gasteiger partial charge in [-0.05, 0) is 55.0 Å². The van der Waals surface area contributed by atoms with Crippen LogP contribution in [0.15, 0.2) is 30.6 Å². The van der Waals surface area contributed by atoms with E-state index in [4.69, 9.17) is 21.4 Å². The molecular weight excluding hydrogens is 435 g/mol. The number of hydrogen-bond donors (Lipinski definition) is 2. The summed E-state index contributed by atoms with van der Waals surface area (Å²) in [5.74, 6) is -0.359. The molecule has 6 nitrogen and oxygen atoms in total. The molecule has 1 aliphatic carbocycles. The van der Waals surface area contributed by atoms with Crippen molar-refractivity contribution in [3.05, 3.63) is 63.7 Å². The molecule has 1 fully saturated rings. The van der Waals surface area contributed by atoms with Gasteiger partial charge in [-0.3, -0.25) is 4.79 Å². The summed E-state index contributed by atoms with van der Waals surface area (Å²) in [6.45, 7) is 1.90. The molecule has 0 aliphatic heterocycles. The van der Waals surface area contributed by atoms with Gasteiger partial charge in [0.05, 0.1) is 37.7 Å². The molecule has 3 aromatic rings. The first-order valence-electron chi connectivity index (χ1n) is 10.7. The molecule has 1 aliphatic rings. The Hall–Kier alpha value is -2.32. The molecule has 4 rings (SSSR count). The molecular formula is C24H26ClFN2O4. The van der Waals surface area contributed by atoms with Crippen molar-refractivity contribution in [2.45, 2.75) is 38.8 Å². The number of rotatable bonds is 10. The zero-order chi connectivity index (χ0) is 22.8. The van der Waals surface area contributed by atoms with Crippen LogP contribution in [0.1, 0.15) is 39.9 Å². The molecule has 0 spiro atoms. The molecule has 8 heteroatoms. The lowest BCUT2D eigenvalue weighted by Crippen LogP contribution is -2.19. The van der Waals surface area contributed by atoms with Crippen LogP contribution in [0.3, 0.4) is 0 Å². The fraction of sp³-hybridized carbons (Fsp3) is 0.417. The van der Waals surface area contributed by atoms with Crippen molar-refractivity contribution < 1.29 is 24.1 Å². The first kappa shape index (κ1) is 22.9. The van der Waals surface area contributed by atoms with Gasteiger partial charge in [-0.1, -0.05) is 17.7 Å². The SMILES string of the molecule is Cc1cc(Cl)ccc1Cc1c(C(=O)COCC2CC2)cc2c(ncn2CC(O)CO)c1F. The van der Waals surface area contributed by atoms with Crippen molar-refractivity contribution in [3.63, 3.8) is 0 Å². The monoisotopic (exact) mass is 460 g/mol. The van der Waals surface area contributed by atoms with Gasteiger partial charge in [0.1, 0.15) is 12.1 Å². The minimum absolute atomic E-state index is 0.0356. The Bertz CT molecular complexity index is 1140. The van der Waals surface area contributed by atoms with Crippen LogP contribution in [0.4, 0.5) is 4.39 Å². The molecule has 1 saturated carbocycles. The van der Waals surface area contributed by atoms with Gasteiger partial charge in [-0.2, -0.15) is 0 Å². The summed E-state index contributed by atoms with van der Waals surface area (Å²) < 4.78 is 22.8. The lowest BCUT2D eigenvalue weighted by atomic mass is 9.94. The van der Waals surface area contributed by atoms with Crippen LogP contribution in [-0.2, 0) is 17.7 Å². The van der Waals surface area contributed by atoms with E-state index in [0.29, 0.717) is 23.1 Å². The second-order valence-electron chi connectivity index (χ2n) is 8.45. The van der Waals surface area contributed by atoms with Crippen LogP contribution in [-0.4, -0.2) is 51.5 Å². The van der Waals surface area contributed by atoms with Gasteiger partial charge in [-0.15, -0.1) is 0 Å². The average Bonchev–Trinajstić information content (AvgIpc) is 3.50. The molecule has 1 heterocycles. The van der Waals surface area contributed by atoms with Crippen LogP contribution in [0.25, 0.3) is 11.0 Å². The number of carbonyl (C=O) groups is 1. The molecule has 0 bridgehead atoms. The number of aryl methyl sites for hydroxylation is 1. The smallest absolute Gasteiger partial charge is 0.188 e. The second-order valence-corrected chi connectivity index (χ2v) is 8.88. The first-order valence-corrected chi connectivity index (χ1v) is 11.1. The van der Waals surface area contributed by atoms with E-state index in [-0.39, 0.29) is 42.0 Å². The third-order valence-electron chi connectivity index (χ3n) is 5.83. The largest absolute Gasteiger partial charge is 0.394 e. The second kappa shape index (κ2) is 9.67. The number of ketones is 1. The van der Waals surface area contributed by atoms with Gasteiger partial charge in [0.25, 0.3) is 0 Å². The van der Waals surface area contributed by atoms with Crippen molar-refractivity contribution in [2.24, 2.45) is 5.92 Å². The van der Waals surface area contributed by atoms with Gasteiger partial charge < -0.3 is 19.5 Å². The summed E-state index contributed by atoms with van der Waals surface area (Å²) in [5.41, 5.74) is 2.76. The predicted octanol–water partition coefficient (Wildman–Crippen LogP) is 3.69. The Morgan fingerprint density at radius 1 is 1.38 bits per heavy atom. The molecule has 0 amide bonds. The lowest BCUT2D eigenvalue weighted by Gasteiger charge is -2.15. The number of nitrogens with zero attached hydrogens (tertiary/aromatic N) is 2. The van der Waals surface area contributed by atoms with Crippen molar-refractivity contribution >= 4 is 28.4 Å². The minimum atomic E-state index is -1.02. The Balaban J connectivity index is 1.74. The van der Waals surface area contributed by atoms with E-state index in [1.54, 1.807) is 22.8 Å². The molecule has 1 aromatic heterocycles. The van der Waals surface area contributed by atoms with Gasteiger partial charge in [0, 0.05) is 22.6 Å². The number of Topliss-reactive ketones (excluding diaryl/α,β-unsaturated/α-hetero) is 1. The molecule has 2 aromatic carbocycles. The number of halogens is 2. The fourth-order valence-corrected chi connectivity index (χ4v) is 4.00. The maximum Gasteiger partial charge on any atom is 0.188 e. The molecule has 32 heavy (non-hydrogen) atoms. The third-order valence-corrected chi connectivity index (χ3v) is 6.07. The van der Waals surface area contributed by atoms with E-state index in [9.17, 15) is 9.90 Å². The van der Waals surface area contributed by atoms with Gasteiger partial charge in [0.15, 0.2) is 11.6 Å². The molecule has 1 atom stereocenters. The highest BCUT2D eigenvalue weighted by atomic mass is 35.5. The fourth-order valence-electron chi connectivity index (χ4n) is 3.78. The summed E-state index contributed by atoms with van der Waals surface area (Å²) in [6, 6.07) is 6.98. The van der Waals surface area contributed by atoms with E-state index >= 15 is 4.39 Å². The predicted molar refractivity (Wildman–Crippen MR) is 120 cm³/mol. The van der Waals surface area contributed by atoms with E-state index in [2.05, 4.69) is 4.98 Å². The highest BCUT2D eigenvalue weighted by Gasteiger charge is 2.25. The zero-order valence-electron chi connectivity index (χ0n) is 17.9. The molecule has 0 radical (unpaired) electrons. The Morgan fingerprint density at radius 3 is 2.84 bits per heavy atom. The Kier molecular flexibility index (Phi) is 6.90. The molecule has 2 N–H and O–H groups in total. The molecule has 1 unspecified atom stereocenters. The van der Waals surface area contributed by atoms with E-state index in [0.717, 1.165) is 24.0 Å². The standard InChI is InChI=1S/C24H26ClFN2O4/c1-14-6-17(25)5-4-16(14)7-20-19(22(31)12-32-11-15-2-3-15)8-21-24(23(20)26)27-13-28(21)9-18(30)10-29/h4-6,8,13,15,18,29-30H,2-3,7,9-12H2,1H3. The summed E-state index contributed by atoms with van der Waals surface area (Å²) >= 11 is 6.06. The van der Waals surface area contributed by atoms with Gasteiger partial charge in [0.2, 0.25) is 0 Å². The third kappa shape index (κ3) is 5.02. The van der Waals surface area contributed by atoms with Crippen LogP contribution < -0.4 is 0 Å². The maximum absolute atomic E-state index is 15.7. The number of fused-ring (bicyclic) bond motifs is 1. The Labute approximate surface area is 190 Å². The van der Waals surface area contributed by atoms with Crippen LogP contribution in [0.5, 0.6) is 0 Å². The van der Waals surface area contributed by atoms with E-state index in [1.807, 2.05) is 13.0 Å². The van der Waals surface area contributed by atoms with Crippen LogP contribution >= 0.6 is 11.6 Å². The molecule has 0 saturated heterocycles. The Morgan fingerprint density at radius 2 is 2.16 bits per heavy atom. The maximum atomic E-state index is 15.7. The van der Waals surface area contributed by atoms with Crippen LogP contribution in [0, 0.1) is 18.7 Å². The van der Waals surface area contributed by atoms with Crippen molar-refractivity contribution in [1.82, 2.24) is 9.55 Å². The lowest BCUT2D eigenvalue weighted by molar-refractivity contribution is 0.0738. The number of benzene rings is 2. The summed E-state index contributed by atoms with van der Waals surface area (Å²) in [5, 5.41) is 19.6. The quantitative estimate of drug-likeness (QED) is 0.451. The average molecular weight is 461 g/mol. The van der Waals surface area contributed by atoms with E-state index < -0.39 is 18.5 Å². The van der Waals surface area contributed by atoms with Crippen LogP contribution in [0.2, 0.25) is 5.02 Å². The number of hydrogen-bond acceptors (Lipinski definition) is 5. The first-order chi connectivity index (χ1) is 15.4.